The van der Waals surface area contributed by atoms with Gasteiger partial charge in [-0.25, -0.2) is 4.98 Å². The lowest BCUT2D eigenvalue weighted by Gasteiger charge is -2.33. The monoisotopic (exact) mass is 431 g/mol. The van der Waals surface area contributed by atoms with Gasteiger partial charge in [0.1, 0.15) is 0 Å². The van der Waals surface area contributed by atoms with Crippen molar-refractivity contribution < 1.29 is 0 Å². The van der Waals surface area contributed by atoms with Crippen LogP contribution in [0.25, 0.3) is 11.0 Å². The van der Waals surface area contributed by atoms with Crippen LogP contribution in [-0.4, -0.2) is 9.55 Å². The van der Waals surface area contributed by atoms with Gasteiger partial charge in [-0.15, -0.1) is 0 Å². The molecule has 1 aromatic heterocycles. The van der Waals surface area contributed by atoms with Crippen LogP contribution in [0.4, 0.5) is 5.95 Å². The molecule has 0 saturated carbocycles. The van der Waals surface area contributed by atoms with E-state index in [4.69, 9.17) is 4.98 Å². The number of halogens is 1. The smallest absolute Gasteiger partial charge is 0.204 e. The number of hydrogen-bond acceptors (Lipinski definition) is 2. The highest BCUT2D eigenvalue weighted by Gasteiger charge is 2.30. The zero-order chi connectivity index (χ0) is 19.1. The molecule has 4 heteroatoms. The van der Waals surface area contributed by atoms with E-state index in [-0.39, 0.29) is 12.1 Å². The van der Waals surface area contributed by atoms with Crippen LogP contribution in [0.5, 0.6) is 0 Å². The summed E-state index contributed by atoms with van der Waals surface area (Å²) in [6.45, 7) is 2.20. The highest BCUT2D eigenvalue weighted by atomic mass is 79.9. The normalized spacial score (nSPS) is 18.6. The van der Waals surface area contributed by atoms with Crippen LogP contribution in [-0.2, 0) is 6.42 Å². The lowest BCUT2D eigenvalue weighted by Crippen LogP contribution is -2.27. The van der Waals surface area contributed by atoms with Crippen molar-refractivity contribution in [3.8, 4) is 0 Å². The van der Waals surface area contributed by atoms with Gasteiger partial charge in [-0.1, -0.05) is 71.4 Å². The summed E-state index contributed by atoms with van der Waals surface area (Å²) in [5.74, 6) is 0.949. The van der Waals surface area contributed by atoms with Crippen molar-refractivity contribution in [3.63, 3.8) is 0 Å². The number of rotatable bonds is 3. The van der Waals surface area contributed by atoms with E-state index in [1.807, 2.05) is 0 Å². The summed E-state index contributed by atoms with van der Waals surface area (Å²) in [4.78, 5) is 4.90. The Morgan fingerprint density at radius 1 is 0.964 bits per heavy atom. The van der Waals surface area contributed by atoms with Gasteiger partial charge < -0.3 is 9.88 Å². The minimum atomic E-state index is 0.230. The molecule has 2 atom stereocenters. The third-order valence-corrected chi connectivity index (χ3v) is 6.24. The number of imidazole rings is 1. The Labute approximate surface area is 173 Å². The molecular formula is C24H22BrN3. The van der Waals surface area contributed by atoms with Crippen LogP contribution in [0.1, 0.15) is 42.1 Å². The lowest BCUT2D eigenvalue weighted by molar-refractivity contribution is 0.477. The molecule has 1 N–H and O–H groups in total. The summed E-state index contributed by atoms with van der Waals surface area (Å²) in [7, 11) is 0. The van der Waals surface area contributed by atoms with Gasteiger partial charge in [-0.05, 0) is 53.8 Å². The molecule has 3 nitrogen and oxygen atoms in total. The number of nitrogens with one attached hydrogen (secondary N) is 1. The summed E-state index contributed by atoms with van der Waals surface area (Å²) in [5, 5.41) is 3.68. The summed E-state index contributed by atoms with van der Waals surface area (Å²) in [6, 6.07) is 26.6. The Kier molecular flexibility index (Phi) is 4.44. The standard InChI is InChI=1S/C24H22BrN3/c1-2-16-7-9-18(10-8-16)23-15-21(17-11-13-19(25)14-12-17)27-24-26-20-5-3-4-6-22(20)28(23)24/h3-14,21,23H,2,15H2,1H3,(H,26,27)/t21-,23+/m1/s1. The number of aryl methyl sites for hydroxylation is 1. The van der Waals surface area contributed by atoms with Gasteiger partial charge >= 0.3 is 0 Å². The van der Waals surface area contributed by atoms with Crippen molar-refractivity contribution in [2.24, 2.45) is 0 Å². The van der Waals surface area contributed by atoms with Crippen molar-refractivity contribution in [2.75, 3.05) is 5.32 Å². The molecule has 0 unspecified atom stereocenters. The minimum Gasteiger partial charge on any atom is -0.349 e. The van der Waals surface area contributed by atoms with Crippen LogP contribution in [0, 0.1) is 0 Å². The van der Waals surface area contributed by atoms with E-state index in [2.05, 4.69) is 106 Å². The van der Waals surface area contributed by atoms with Gasteiger partial charge in [-0.2, -0.15) is 0 Å². The molecular weight excluding hydrogens is 410 g/mol. The van der Waals surface area contributed by atoms with Crippen LogP contribution in [0.2, 0.25) is 0 Å². The van der Waals surface area contributed by atoms with E-state index >= 15 is 0 Å². The first-order valence-corrected chi connectivity index (χ1v) is 10.6. The zero-order valence-corrected chi connectivity index (χ0v) is 17.4. The van der Waals surface area contributed by atoms with Crippen molar-refractivity contribution in [1.29, 1.82) is 0 Å². The fraction of sp³-hybridized carbons (Fsp3) is 0.208. The van der Waals surface area contributed by atoms with Gasteiger partial charge in [0, 0.05) is 4.47 Å². The molecule has 2 heterocycles. The third kappa shape index (κ3) is 3.02. The highest BCUT2D eigenvalue weighted by molar-refractivity contribution is 9.10. The fourth-order valence-corrected chi connectivity index (χ4v) is 4.44. The number of para-hydroxylation sites is 2. The predicted octanol–water partition coefficient (Wildman–Crippen LogP) is 6.51. The summed E-state index contributed by atoms with van der Waals surface area (Å²) in [6.07, 6.45) is 2.05. The number of anilines is 1. The molecule has 4 aromatic rings. The number of benzene rings is 3. The Morgan fingerprint density at radius 2 is 1.68 bits per heavy atom. The SMILES string of the molecule is CCc1ccc([C@@H]2C[C@H](c3ccc(Br)cc3)Nc3nc4ccccc4n32)cc1. The van der Waals surface area contributed by atoms with E-state index in [1.165, 1.54) is 22.2 Å². The first kappa shape index (κ1) is 17.5. The molecule has 1 aliphatic rings. The predicted molar refractivity (Wildman–Crippen MR) is 119 cm³/mol. The Balaban J connectivity index is 1.63. The molecule has 140 valence electrons. The molecule has 0 saturated heterocycles. The quantitative estimate of drug-likeness (QED) is 0.400. The average Bonchev–Trinajstić information content (AvgIpc) is 3.12. The molecule has 28 heavy (non-hydrogen) atoms. The molecule has 0 aliphatic carbocycles. The maximum atomic E-state index is 4.90. The zero-order valence-electron chi connectivity index (χ0n) is 15.8. The third-order valence-electron chi connectivity index (χ3n) is 5.71. The lowest BCUT2D eigenvalue weighted by atomic mass is 9.92. The fourth-order valence-electron chi connectivity index (χ4n) is 4.18. The largest absolute Gasteiger partial charge is 0.349 e. The van der Waals surface area contributed by atoms with Crippen LogP contribution in [0.15, 0.2) is 77.3 Å². The highest BCUT2D eigenvalue weighted by Crippen LogP contribution is 2.41. The average molecular weight is 432 g/mol. The van der Waals surface area contributed by atoms with E-state index in [9.17, 15) is 0 Å². The van der Waals surface area contributed by atoms with E-state index in [0.717, 1.165) is 28.8 Å². The number of aromatic nitrogens is 2. The molecule has 5 rings (SSSR count). The second-order valence-electron chi connectivity index (χ2n) is 7.39. The maximum Gasteiger partial charge on any atom is 0.204 e. The van der Waals surface area contributed by atoms with Crippen LogP contribution < -0.4 is 5.32 Å². The topological polar surface area (TPSA) is 29.9 Å². The maximum absolute atomic E-state index is 4.90. The Bertz CT molecular complexity index is 1110. The first-order chi connectivity index (χ1) is 13.7. The number of hydrogen-bond donors (Lipinski definition) is 1. The molecule has 0 spiro atoms. The summed E-state index contributed by atoms with van der Waals surface area (Å²) in [5.41, 5.74) is 6.22. The number of fused-ring (bicyclic) bond motifs is 3. The second kappa shape index (κ2) is 7.10. The summed E-state index contributed by atoms with van der Waals surface area (Å²) < 4.78 is 3.47. The van der Waals surface area contributed by atoms with Gasteiger partial charge in [-0.3, -0.25) is 0 Å². The first-order valence-electron chi connectivity index (χ1n) is 9.80. The van der Waals surface area contributed by atoms with E-state index in [0.29, 0.717) is 0 Å². The van der Waals surface area contributed by atoms with Gasteiger partial charge in [0.15, 0.2) is 0 Å². The van der Waals surface area contributed by atoms with Crippen molar-refractivity contribution in [1.82, 2.24) is 9.55 Å². The molecule has 3 aromatic carbocycles. The van der Waals surface area contributed by atoms with Crippen molar-refractivity contribution >= 4 is 32.9 Å². The van der Waals surface area contributed by atoms with Crippen LogP contribution >= 0.6 is 15.9 Å². The Hall–Kier alpha value is -2.59. The molecule has 1 aliphatic heterocycles. The van der Waals surface area contributed by atoms with E-state index < -0.39 is 0 Å². The van der Waals surface area contributed by atoms with Crippen molar-refractivity contribution in [2.45, 2.75) is 31.8 Å². The summed E-state index contributed by atoms with van der Waals surface area (Å²) >= 11 is 3.54. The number of nitrogens with zero attached hydrogens (tertiary/aromatic N) is 2. The molecule has 0 fully saturated rings. The molecule has 0 bridgehead atoms. The molecule has 0 amide bonds. The van der Waals surface area contributed by atoms with Crippen molar-refractivity contribution in [3.05, 3.63) is 94.0 Å². The van der Waals surface area contributed by atoms with Gasteiger partial charge in [0.05, 0.1) is 23.1 Å². The van der Waals surface area contributed by atoms with Gasteiger partial charge in [0.25, 0.3) is 0 Å². The minimum absolute atomic E-state index is 0.230. The second-order valence-corrected chi connectivity index (χ2v) is 8.30. The van der Waals surface area contributed by atoms with Gasteiger partial charge in [0.2, 0.25) is 5.95 Å². The molecule has 0 radical (unpaired) electrons. The van der Waals surface area contributed by atoms with E-state index in [1.54, 1.807) is 0 Å². The Morgan fingerprint density at radius 3 is 2.43 bits per heavy atom. The van der Waals surface area contributed by atoms with Crippen LogP contribution in [0.3, 0.4) is 0 Å².